The molecule has 7 nitrogen and oxygen atoms in total. The molecule has 230 valence electrons. The molecule has 0 N–H and O–H groups in total. The summed E-state index contributed by atoms with van der Waals surface area (Å²) in [7, 11) is 0. The van der Waals surface area contributed by atoms with E-state index in [2.05, 4.69) is 31.1 Å². The minimum absolute atomic E-state index is 0.0336. The van der Waals surface area contributed by atoms with Gasteiger partial charge in [-0.25, -0.2) is 8.78 Å². The lowest BCUT2D eigenvalue weighted by molar-refractivity contribution is -0.127. The van der Waals surface area contributed by atoms with Crippen LogP contribution in [0.3, 0.4) is 0 Å². The number of carbonyl (C=O) groups is 1. The van der Waals surface area contributed by atoms with Crippen molar-refractivity contribution in [2.24, 2.45) is 11.3 Å². The van der Waals surface area contributed by atoms with Crippen LogP contribution in [-0.4, -0.2) is 33.7 Å². The van der Waals surface area contributed by atoms with Gasteiger partial charge in [-0.3, -0.25) is 4.79 Å². The number of aromatic nitrogens is 3. The molecule has 2 heterocycles. The Labute approximate surface area is 251 Å². The number of benzene rings is 1. The zero-order valence-corrected chi connectivity index (χ0v) is 25.5. The van der Waals surface area contributed by atoms with Gasteiger partial charge in [0.1, 0.15) is 0 Å². The summed E-state index contributed by atoms with van der Waals surface area (Å²) >= 11 is 0. The average Bonchev–Trinajstić information content (AvgIpc) is 3.48. The van der Waals surface area contributed by atoms with Crippen molar-refractivity contribution in [3.05, 3.63) is 47.7 Å². The summed E-state index contributed by atoms with van der Waals surface area (Å²) in [6.45, 7) is 6.83. The molecule has 5 aliphatic rings. The third-order valence-corrected chi connectivity index (χ3v) is 10.7. The molecule has 0 atom stereocenters. The number of anilines is 1. The second-order valence-electron chi connectivity index (χ2n) is 14.9. The highest BCUT2D eigenvalue weighted by Crippen LogP contribution is 2.58. The molecule has 5 aliphatic carbocycles. The van der Waals surface area contributed by atoms with Crippen LogP contribution in [0, 0.1) is 11.3 Å². The Balaban J connectivity index is 1.14. The summed E-state index contributed by atoms with van der Waals surface area (Å²) < 4.78 is 39.5. The Kier molecular flexibility index (Phi) is 6.82. The molecule has 0 aliphatic heterocycles. The maximum absolute atomic E-state index is 14.2. The molecule has 5 fully saturated rings. The quantitative estimate of drug-likeness (QED) is 0.274. The van der Waals surface area contributed by atoms with Crippen molar-refractivity contribution in [2.75, 3.05) is 11.4 Å². The van der Waals surface area contributed by atoms with E-state index in [1.165, 1.54) is 0 Å². The lowest BCUT2D eigenvalue weighted by atomic mass is 9.53. The number of carbonyl (C=O) groups excluding carboxylic acids is 1. The third kappa shape index (κ3) is 5.53. The molecule has 3 aromatic rings. The van der Waals surface area contributed by atoms with E-state index in [-0.39, 0.29) is 47.8 Å². The van der Waals surface area contributed by atoms with Crippen molar-refractivity contribution >= 4 is 11.6 Å². The predicted molar refractivity (Wildman–Crippen MR) is 158 cm³/mol. The van der Waals surface area contributed by atoms with E-state index in [0.717, 1.165) is 74.1 Å². The van der Waals surface area contributed by atoms with Gasteiger partial charge in [0.05, 0.1) is 5.69 Å². The van der Waals surface area contributed by atoms with Crippen LogP contribution < -0.4 is 4.90 Å². The fraction of sp³-hybridized carbons (Fsp3) is 0.647. The van der Waals surface area contributed by atoms with E-state index < -0.39 is 11.8 Å². The van der Waals surface area contributed by atoms with E-state index in [4.69, 9.17) is 14.0 Å². The van der Waals surface area contributed by atoms with Gasteiger partial charge in [0.2, 0.25) is 17.7 Å². The van der Waals surface area contributed by atoms with Crippen LogP contribution in [0.4, 0.5) is 14.5 Å². The molecule has 0 radical (unpaired) electrons. The van der Waals surface area contributed by atoms with E-state index in [9.17, 15) is 13.6 Å². The van der Waals surface area contributed by atoms with Crippen LogP contribution in [0.2, 0.25) is 0 Å². The number of hydrogen-bond donors (Lipinski definition) is 0. The Bertz CT molecular complexity index is 1470. The molecular weight excluding hydrogens is 550 g/mol. The van der Waals surface area contributed by atoms with Gasteiger partial charge >= 0.3 is 0 Å². The van der Waals surface area contributed by atoms with Crippen molar-refractivity contribution in [3.63, 3.8) is 0 Å². The number of halogens is 2. The van der Waals surface area contributed by atoms with E-state index >= 15 is 0 Å². The molecule has 1 amide bonds. The molecular formula is C34H42F2N4O3. The Hall–Kier alpha value is -3.10. The maximum Gasteiger partial charge on any atom is 0.248 e. The summed E-state index contributed by atoms with van der Waals surface area (Å²) in [4.78, 5) is 21.0. The fourth-order valence-corrected chi connectivity index (χ4v) is 7.54. The number of fused-ring (bicyclic) bond motifs is 3. The smallest absolute Gasteiger partial charge is 0.248 e. The SMILES string of the molecule is CC(C)(C)c1nc(C23CCC(CN(C(=O)C4CCC(F)(F)CC4)c4cccc(-c5cc(C6CC6)no5)c4)(CC2)CC3)no1. The van der Waals surface area contributed by atoms with E-state index in [1.807, 2.05) is 35.2 Å². The van der Waals surface area contributed by atoms with Gasteiger partial charge in [0.15, 0.2) is 11.6 Å². The summed E-state index contributed by atoms with van der Waals surface area (Å²) in [5.74, 6) is -0.427. The van der Waals surface area contributed by atoms with E-state index in [1.54, 1.807) is 0 Å². The number of rotatable bonds is 7. The summed E-state index contributed by atoms with van der Waals surface area (Å²) in [5.41, 5.74) is 2.35. The van der Waals surface area contributed by atoms with Gasteiger partial charge in [-0.05, 0) is 81.8 Å². The molecule has 0 unspecified atom stereocenters. The van der Waals surface area contributed by atoms with Crippen LogP contribution in [0.25, 0.3) is 11.3 Å². The lowest BCUT2D eigenvalue weighted by Gasteiger charge is -2.53. The van der Waals surface area contributed by atoms with Crippen LogP contribution >= 0.6 is 0 Å². The normalized spacial score (nSPS) is 27.4. The minimum Gasteiger partial charge on any atom is -0.356 e. The first-order valence-electron chi connectivity index (χ1n) is 16.1. The first-order valence-corrected chi connectivity index (χ1v) is 16.1. The molecule has 0 saturated heterocycles. The topological polar surface area (TPSA) is 85.3 Å². The van der Waals surface area contributed by atoms with Gasteiger partial charge in [-0.1, -0.05) is 43.2 Å². The number of amides is 1. The predicted octanol–water partition coefficient (Wildman–Crippen LogP) is 8.35. The average molecular weight is 593 g/mol. The highest BCUT2D eigenvalue weighted by molar-refractivity contribution is 5.95. The maximum atomic E-state index is 14.2. The zero-order valence-electron chi connectivity index (χ0n) is 25.5. The monoisotopic (exact) mass is 592 g/mol. The van der Waals surface area contributed by atoms with Crippen molar-refractivity contribution in [3.8, 4) is 11.3 Å². The van der Waals surface area contributed by atoms with Crippen molar-refractivity contribution in [1.82, 2.24) is 15.3 Å². The second-order valence-corrected chi connectivity index (χ2v) is 14.9. The summed E-state index contributed by atoms with van der Waals surface area (Å²) in [6, 6.07) is 9.92. The molecule has 8 rings (SSSR count). The molecule has 2 bridgehead atoms. The fourth-order valence-electron chi connectivity index (χ4n) is 7.54. The van der Waals surface area contributed by atoms with Crippen LogP contribution in [-0.2, 0) is 15.6 Å². The Morgan fingerprint density at radius 1 is 0.930 bits per heavy atom. The largest absolute Gasteiger partial charge is 0.356 e. The molecule has 5 saturated carbocycles. The standard InChI is InChI=1S/C34H42F2N4O3/c1-31(2,3)30-37-29(39-43-30)33-16-13-32(14-17-33,15-18-33)21-40(28(41)23-9-11-34(35,36)12-10-23)25-6-4-5-24(19-25)27-20-26(38-42-27)22-7-8-22/h4-6,19-20,22-23H,7-18,21H2,1-3H3. The first kappa shape index (κ1) is 28.7. The van der Waals surface area contributed by atoms with Gasteiger partial charge in [-0.2, -0.15) is 4.98 Å². The van der Waals surface area contributed by atoms with Crippen LogP contribution in [0.15, 0.2) is 39.4 Å². The van der Waals surface area contributed by atoms with Gasteiger partial charge in [0, 0.05) is 59.4 Å². The van der Waals surface area contributed by atoms with Gasteiger partial charge in [0.25, 0.3) is 0 Å². The Morgan fingerprint density at radius 3 is 2.26 bits per heavy atom. The van der Waals surface area contributed by atoms with Gasteiger partial charge < -0.3 is 13.9 Å². The first-order chi connectivity index (χ1) is 20.4. The minimum atomic E-state index is -2.68. The van der Waals surface area contributed by atoms with Crippen molar-refractivity contribution < 1.29 is 22.6 Å². The molecule has 1 aromatic carbocycles. The number of alkyl halides is 2. The van der Waals surface area contributed by atoms with Crippen molar-refractivity contribution in [2.45, 2.75) is 120 Å². The molecule has 2 aromatic heterocycles. The van der Waals surface area contributed by atoms with E-state index in [0.29, 0.717) is 24.1 Å². The number of nitrogens with zero attached hydrogens (tertiary/aromatic N) is 4. The highest BCUT2D eigenvalue weighted by Gasteiger charge is 2.53. The Morgan fingerprint density at radius 2 is 1.63 bits per heavy atom. The highest BCUT2D eigenvalue weighted by atomic mass is 19.3. The summed E-state index contributed by atoms with van der Waals surface area (Å²) in [5, 5.41) is 8.71. The zero-order chi connectivity index (χ0) is 30.0. The number of hydrogen-bond acceptors (Lipinski definition) is 6. The molecule has 0 spiro atoms. The van der Waals surface area contributed by atoms with Crippen molar-refractivity contribution in [1.29, 1.82) is 0 Å². The molecule has 43 heavy (non-hydrogen) atoms. The lowest BCUT2D eigenvalue weighted by Crippen LogP contribution is -2.52. The van der Waals surface area contributed by atoms with Crippen LogP contribution in [0.1, 0.15) is 121 Å². The second kappa shape index (κ2) is 10.2. The third-order valence-electron chi connectivity index (χ3n) is 10.7. The van der Waals surface area contributed by atoms with Gasteiger partial charge in [-0.15, -0.1) is 0 Å². The molecule has 9 heteroatoms. The van der Waals surface area contributed by atoms with Crippen LogP contribution in [0.5, 0.6) is 0 Å². The summed E-state index contributed by atoms with van der Waals surface area (Å²) in [6.07, 6.45) is 8.02.